The standard InChI is InChI=1S/C15H20N4O2S2/c1-4-16-13(20)17-11-8-6-5-7-10(11)9-23(21)14-18-12(22)15(2,3)19-14/h5-8H,4,9H2,1-3H3,(H2,16,17,20)(H,18,19,22). The van der Waals surface area contributed by atoms with Crippen molar-refractivity contribution in [3.05, 3.63) is 29.8 Å². The lowest BCUT2D eigenvalue weighted by atomic mass is 10.1. The van der Waals surface area contributed by atoms with Gasteiger partial charge in [0.15, 0.2) is 0 Å². The van der Waals surface area contributed by atoms with Gasteiger partial charge in [-0.3, -0.25) is 0 Å². The van der Waals surface area contributed by atoms with Crippen molar-refractivity contribution < 1.29 is 9.35 Å². The molecule has 1 aliphatic rings. The Hall–Kier alpha value is -1.64. The minimum absolute atomic E-state index is 0.243. The Labute approximate surface area is 144 Å². The quantitative estimate of drug-likeness (QED) is 0.572. The maximum absolute atomic E-state index is 12.5. The second-order valence-corrected chi connectivity index (χ2v) is 7.36. The van der Waals surface area contributed by atoms with Gasteiger partial charge in [0.1, 0.15) is 10.7 Å². The van der Waals surface area contributed by atoms with E-state index in [1.54, 1.807) is 6.07 Å². The summed E-state index contributed by atoms with van der Waals surface area (Å²) >= 11 is 3.82. The first kappa shape index (κ1) is 17.7. The van der Waals surface area contributed by atoms with E-state index in [-0.39, 0.29) is 11.8 Å². The molecule has 2 amide bonds. The molecule has 0 spiro atoms. The highest BCUT2D eigenvalue weighted by molar-refractivity contribution is 8.05. The van der Waals surface area contributed by atoms with Gasteiger partial charge in [0.05, 0.1) is 11.2 Å². The molecule has 0 bridgehead atoms. The van der Waals surface area contributed by atoms with E-state index in [0.717, 1.165) is 5.56 Å². The predicted octanol–water partition coefficient (Wildman–Crippen LogP) is 2.14. The number of carbonyl (C=O) groups excluding carboxylic acids is 1. The number of hydrogen-bond donors (Lipinski definition) is 3. The van der Waals surface area contributed by atoms with E-state index in [1.807, 2.05) is 39.0 Å². The minimum atomic E-state index is -1.36. The third-order valence-corrected chi connectivity index (χ3v) is 5.06. The van der Waals surface area contributed by atoms with Crippen LogP contribution in [0.25, 0.3) is 0 Å². The zero-order valence-corrected chi connectivity index (χ0v) is 14.9. The molecule has 0 aliphatic carbocycles. The van der Waals surface area contributed by atoms with Crippen molar-refractivity contribution in [2.75, 3.05) is 11.9 Å². The van der Waals surface area contributed by atoms with Gasteiger partial charge in [0.25, 0.3) is 0 Å². The Morgan fingerprint density at radius 1 is 1.43 bits per heavy atom. The van der Waals surface area contributed by atoms with Gasteiger partial charge in [-0.2, -0.15) is 4.99 Å². The van der Waals surface area contributed by atoms with Crippen LogP contribution >= 0.6 is 12.2 Å². The Balaban J connectivity index is 2.10. The van der Waals surface area contributed by atoms with Gasteiger partial charge in [0.2, 0.25) is 0 Å². The molecule has 0 fully saturated rings. The molecule has 0 radical (unpaired) electrons. The molecule has 3 N–H and O–H groups in total. The second-order valence-electron chi connectivity index (χ2n) is 5.60. The lowest BCUT2D eigenvalue weighted by Gasteiger charge is -2.19. The summed E-state index contributed by atoms with van der Waals surface area (Å²) in [6, 6.07) is 6.98. The second kappa shape index (κ2) is 7.29. The fourth-order valence-electron chi connectivity index (χ4n) is 1.99. The fourth-order valence-corrected chi connectivity index (χ4v) is 3.43. The van der Waals surface area contributed by atoms with Crippen molar-refractivity contribution in [3.8, 4) is 0 Å². The van der Waals surface area contributed by atoms with E-state index in [1.165, 1.54) is 0 Å². The van der Waals surface area contributed by atoms with Gasteiger partial charge >= 0.3 is 11.2 Å². The number of hydrogen-bond acceptors (Lipinski definition) is 4. The van der Waals surface area contributed by atoms with E-state index in [0.29, 0.717) is 22.4 Å². The third kappa shape index (κ3) is 4.43. The van der Waals surface area contributed by atoms with Gasteiger partial charge < -0.3 is 20.5 Å². The molecule has 124 valence electrons. The highest BCUT2D eigenvalue weighted by atomic mass is 32.2. The highest BCUT2D eigenvalue weighted by Crippen LogP contribution is 2.22. The average molecular weight is 352 g/mol. The first-order valence-electron chi connectivity index (χ1n) is 7.26. The van der Waals surface area contributed by atoms with Crippen LogP contribution in [0.15, 0.2) is 29.3 Å². The van der Waals surface area contributed by atoms with Crippen molar-refractivity contribution in [2.45, 2.75) is 32.1 Å². The Bertz CT molecular complexity index is 646. The first-order chi connectivity index (χ1) is 10.8. The number of benzene rings is 1. The summed E-state index contributed by atoms with van der Waals surface area (Å²) in [5.41, 5.74) is 0.948. The molecule has 6 nitrogen and oxygen atoms in total. The van der Waals surface area contributed by atoms with E-state index < -0.39 is 16.7 Å². The number of anilines is 1. The van der Waals surface area contributed by atoms with Crippen LogP contribution in [0.2, 0.25) is 0 Å². The molecule has 1 heterocycles. The number of para-hydroxylation sites is 1. The predicted molar refractivity (Wildman–Crippen MR) is 98.2 cm³/mol. The molecule has 0 aromatic heterocycles. The fraction of sp³-hybridized carbons (Fsp3) is 0.400. The zero-order chi connectivity index (χ0) is 17.0. The molecule has 0 saturated heterocycles. The molecule has 1 atom stereocenters. The normalized spacial score (nSPS) is 17.2. The van der Waals surface area contributed by atoms with E-state index in [4.69, 9.17) is 12.2 Å². The smallest absolute Gasteiger partial charge is 0.319 e. The van der Waals surface area contributed by atoms with Gasteiger partial charge in [-0.05, 0) is 26.8 Å². The lowest BCUT2D eigenvalue weighted by molar-refractivity contribution is 0.252. The van der Waals surface area contributed by atoms with Crippen LogP contribution in [0.1, 0.15) is 26.3 Å². The monoisotopic (exact) mass is 352 g/mol. The Morgan fingerprint density at radius 2 is 2.13 bits per heavy atom. The average Bonchev–Trinajstić information content (AvgIpc) is 2.75. The summed E-state index contributed by atoms with van der Waals surface area (Å²) in [4.78, 5) is 16.4. The highest BCUT2D eigenvalue weighted by Gasteiger charge is 2.36. The van der Waals surface area contributed by atoms with Crippen LogP contribution in [0, 0.1) is 0 Å². The maximum Gasteiger partial charge on any atom is 0.319 e. The van der Waals surface area contributed by atoms with E-state index in [9.17, 15) is 9.35 Å². The van der Waals surface area contributed by atoms with Crippen molar-refractivity contribution in [1.29, 1.82) is 0 Å². The number of rotatable bonds is 4. The zero-order valence-electron chi connectivity index (χ0n) is 13.3. The molecular weight excluding hydrogens is 332 g/mol. The molecule has 0 saturated carbocycles. The Kier molecular flexibility index (Phi) is 5.61. The number of thiocarbonyl (C=S) groups is 1. The van der Waals surface area contributed by atoms with Crippen molar-refractivity contribution in [1.82, 2.24) is 10.6 Å². The number of amides is 2. The summed E-state index contributed by atoms with van der Waals surface area (Å²) in [6.07, 6.45) is 0. The van der Waals surface area contributed by atoms with Crippen molar-refractivity contribution >= 4 is 45.3 Å². The number of urea groups is 1. The summed E-state index contributed by atoms with van der Waals surface area (Å²) < 4.78 is 12.5. The molecule has 1 aromatic carbocycles. The SMILES string of the molecule is CCNC(=O)Nc1ccccc1C[S+]([O-])C1=NC(=S)C(C)(C)N1. The van der Waals surface area contributed by atoms with Crippen LogP contribution in [0.5, 0.6) is 0 Å². The molecule has 8 heteroatoms. The van der Waals surface area contributed by atoms with Gasteiger partial charge in [-0.25, -0.2) is 4.79 Å². The molecule has 2 rings (SSSR count). The summed E-state index contributed by atoms with van der Waals surface area (Å²) in [5.74, 6) is 0.243. The molecule has 1 unspecified atom stereocenters. The molecular formula is C15H20N4O2S2. The molecule has 1 aromatic rings. The van der Waals surface area contributed by atoms with Gasteiger partial charge in [0, 0.05) is 23.3 Å². The minimum Gasteiger partial charge on any atom is -0.609 e. The van der Waals surface area contributed by atoms with E-state index in [2.05, 4.69) is 20.9 Å². The van der Waals surface area contributed by atoms with Crippen molar-refractivity contribution in [2.24, 2.45) is 4.99 Å². The number of amidine groups is 1. The van der Waals surface area contributed by atoms with Crippen LogP contribution < -0.4 is 16.0 Å². The third-order valence-electron chi connectivity index (χ3n) is 3.26. The number of carbonyl (C=O) groups is 1. The lowest BCUT2D eigenvalue weighted by Crippen LogP contribution is -2.44. The summed E-state index contributed by atoms with van der Waals surface area (Å²) in [5, 5.41) is 8.90. The Morgan fingerprint density at radius 3 is 2.74 bits per heavy atom. The van der Waals surface area contributed by atoms with Crippen LogP contribution in [-0.2, 0) is 16.9 Å². The van der Waals surface area contributed by atoms with E-state index >= 15 is 0 Å². The number of nitrogens with one attached hydrogen (secondary N) is 3. The first-order valence-corrected chi connectivity index (χ1v) is 8.98. The van der Waals surface area contributed by atoms with Crippen molar-refractivity contribution in [3.63, 3.8) is 0 Å². The van der Waals surface area contributed by atoms with Gasteiger partial charge in [-0.1, -0.05) is 30.4 Å². The summed E-state index contributed by atoms with van der Waals surface area (Å²) in [6.45, 7) is 6.17. The van der Waals surface area contributed by atoms with Crippen LogP contribution in [0.3, 0.4) is 0 Å². The topological polar surface area (TPSA) is 88.6 Å². The molecule has 23 heavy (non-hydrogen) atoms. The number of aliphatic imine (C=N–C) groups is 1. The summed E-state index contributed by atoms with van der Waals surface area (Å²) in [7, 11) is 0. The maximum atomic E-state index is 12.5. The largest absolute Gasteiger partial charge is 0.609 e. The molecule has 1 aliphatic heterocycles. The van der Waals surface area contributed by atoms with Crippen LogP contribution in [-0.4, -0.2) is 32.8 Å². The van der Waals surface area contributed by atoms with Crippen LogP contribution in [0.4, 0.5) is 10.5 Å². The van der Waals surface area contributed by atoms with Gasteiger partial charge in [-0.15, -0.1) is 0 Å². The number of nitrogens with zero attached hydrogens (tertiary/aromatic N) is 1.